The van der Waals surface area contributed by atoms with Crippen LogP contribution in [0.2, 0.25) is 0 Å². The lowest BCUT2D eigenvalue weighted by molar-refractivity contribution is -0.385. The number of rotatable bonds is 8. The standard InChI is InChI=1S/C15H24N4O3/c1-6-8-10-22-13-11(19(20)21)12(16-9-7-2)17-14(18-13)15(3,4)5/h7H,2,6,8-10H2,1,3-5H3,(H,16,17,18). The van der Waals surface area contributed by atoms with Crippen LogP contribution in [-0.4, -0.2) is 28.0 Å². The number of unbranched alkanes of at least 4 members (excludes halogenated alkanes) is 1. The molecule has 0 amide bonds. The van der Waals surface area contributed by atoms with Crippen molar-refractivity contribution in [3.63, 3.8) is 0 Å². The average Bonchev–Trinajstić information content (AvgIpc) is 2.43. The highest BCUT2D eigenvalue weighted by Gasteiger charge is 2.29. The highest BCUT2D eigenvalue weighted by atomic mass is 16.6. The Balaban J connectivity index is 3.34. The fourth-order valence-electron chi connectivity index (χ4n) is 1.64. The van der Waals surface area contributed by atoms with Crippen LogP contribution in [0, 0.1) is 10.1 Å². The second-order valence-corrected chi connectivity index (χ2v) is 5.93. The SMILES string of the molecule is C=CCNc1nc(C(C)(C)C)nc(OCCCC)c1[N+](=O)[O-]. The van der Waals surface area contributed by atoms with Gasteiger partial charge in [-0.2, -0.15) is 4.98 Å². The van der Waals surface area contributed by atoms with Gasteiger partial charge in [0.25, 0.3) is 5.88 Å². The number of anilines is 1. The zero-order valence-electron chi connectivity index (χ0n) is 13.7. The Labute approximate surface area is 131 Å². The molecule has 7 nitrogen and oxygen atoms in total. The first-order valence-electron chi connectivity index (χ1n) is 7.35. The lowest BCUT2D eigenvalue weighted by Crippen LogP contribution is -2.19. The molecule has 1 heterocycles. The zero-order valence-corrected chi connectivity index (χ0v) is 13.7. The van der Waals surface area contributed by atoms with Gasteiger partial charge in [-0.3, -0.25) is 10.1 Å². The van der Waals surface area contributed by atoms with E-state index in [-0.39, 0.29) is 22.8 Å². The maximum atomic E-state index is 11.4. The van der Waals surface area contributed by atoms with E-state index in [1.807, 2.05) is 27.7 Å². The van der Waals surface area contributed by atoms with E-state index >= 15 is 0 Å². The van der Waals surface area contributed by atoms with Crippen molar-refractivity contribution in [3.8, 4) is 5.88 Å². The molecule has 0 atom stereocenters. The topological polar surface area (TPSA) is 90.2 Å². The van der Waals surface area contributed by atoms with Crippen molar-refractivity contribution in [2.24, 2.45) is 0 Å². The predicted molar refractivity (Wildman–Crippen MR) is 86.5 cm³/mol. The molecule has 1 N–H and O–H groups in total. The predicted octanol–water partition coefficient (Wildman–Crippen LogP) is 3.46. The molecule has 0 radical (unpaired) electrons. The smallest absolute Gasteiger partial charge is 0.372 e. The van der Waals surface area contributed by atoms with Gasteiger partial charge >= 0.3 is 5.69 Å². The third kappa shape index (κ3) is 4.68. The Hall–Kier alpha value is -2.18. The molecule has 22 heavy (non-hydrogen) atoms. The molecule has 7 heteroatoms. The third-order valence-corrected chi connectivity index (χ3v) is 2.86. The van der Waals surface area contributed by atoms with E-state index in [4.69, 9.17) is 4.74 Å². The van der Waals surface area contributed by atoms with E-state index in [1.54, 1.807) is 6.08 Å². The fraction of sp³-hybridized carbons (Fsp3) is 0.600. The molecule has 0 spiro atoms. The van der Waals surface area contributed by atoms with Crippen LogP contribution < -0.4 is 10.1 Å². The molecule has 1 rings (SSSR count). The number of hydrogen-bond acceptors (Lipinski definition) is 6. The molecule has 0 aliphatic carbocycles. The number of ether oxygens (including phenoxy) is 1. The van der Waals surface area contributed by atoms with Crippen molar-refractivity contribution >= 4 is 11.5 Å². The van der Waals surface area contributed by atoms with Gasteiger partial charge < -0.3 is 10.1 Å². The summed E-state index contributed by atoms with van der Waals surface area (Å²) in [7, 11) is 0. The first kappa shape index (κ1) is 17.9. The lowest BCUT2D eigenvalue weighted by Gasteiger charge is -2.19. The second kappa shape index (κ2) is 7.72. The fourth-order valence-corrected chi connectivity index (χ4v) is 1.64. The van der Waals surface area contributed by atoms with Gasteiger partial charge in [-0.1, -0.05) is 40.2 Å². The summed E-state index contributed by atoms with van der Waals surface area (Å²) >= 11 is 0. The summed E-state index contributed by atoms with van der Waals surface area (Å²) in [6.45, 7) is 12.2. The van der Waals surface area contributed by atoms with Gasteiger partial charge in [0.2, 0.25) is 5.82 Å². The number of nitrogens with one attached hydrogen (secondary N) is 1. The molecule has 0 aromatic carbocycles. The van der Waals surface area contributed by atoms with E-state index in [2.05, 4.69) is 21.9 Å². The van der Waals surface area contributed by atoms with Gasteiger partial charge in [0.05, 0.1) is 11.5 Å². The number of nitrogens with zero attached hydrogens (tertiary/aromatic N) is 3. The van der Waals surface area contributed by atoms with Gasteiger partial charge in [0.1, 0.15) is 5.82 Å². The summed E-state index contributed by atoms with van der Waals surface area (Å²) in [6, 6.07) is 0. The van der Waals surface area contributed by atoms with Crippen LogP contribution in [0.25, 0.3) is 0 Å². The number of nitro groups is 1. The Bertz CT molecular complexity index is 538. The van der Waals surface area contributed by atoms with E-state index in [9.17, 15) is 10.1 Å². The minimum atomic E-state index is -0.515. The van der Waals surface area contributed by atoms with E-state index in [0.717, 1.165) is 12.8 Å². The van der Waals surface area contributed by atoms with Crippen LogP contribution in [0.3, 0.4) is 0 Å². The van der Waals surface area contributed by atoms with Gasteiger partial charge in [-0.25, -0.2) is 4.98 Å². The summed E-state index contributed by atoms with van der Waals surface area (Å²) in [5.41, 5.74) is -0.575. The molecular weight excluding hydrogens is 284 g/mol. The summed E-state index contributed by atoms with van der Waals surface area (Å²) < 4.78 is 5.54. The van der Waals surface area contributed by atoms with Crippen molar-refractivity contribution in [1.82, 2.24) is 9.97 Å². The van der Waals surface area contributed by atoms with Crippen molar-refractivity contribution < 1.29 is 9.66 Å². The Kier molecular flexibility index (Phi) is 6.27. The van der Waals surface area contributed by atoms with Crippen molar-refractivity contribution in [2.45, 2.75) is 46.0 Å². The highest BCUT2D eigenvalue weighted by Crippen LogP contribution is 2.34. The summed E-state index contributed by atoms with van der Waals surface area (Å²) in [5.74, 6) is 0.678. The summed E-state index contributed by atoms with van der Waals surface area (Å²) in [5, 5.41) is 14.3. The van der Waals surface area contributed by atoms with Crippen LogP contribution in [0.5, 0.6) is 5.88 Å². The van der Waals surface area contributed by atoms with Crippen molar-refractivity contribution in [2.75, 3.05) is 18.5 Å². The molecule has 0 saturated carbocycles. The molecule has 1 aromatic heterocycles. The number of hydrogen-bond donors (Lipinski definition) is 1. The quantitative estimate of drug-likeness (QED) is 0.342. The number of aromatic nitrogens is 2. The molecule has 0 fully saturated rings. The van der Waals surface area contributed by atoms with E-state index in [0.29, 0.717) is 19.0 Å². The van der Waals surface area contributed by atoms with Crippen molar-refractivity contribution in [3.05, 3.63) is 28.6 Å². The maximum Gasteiger partial charge on any atom is 0.372 e. The maximum absolute atomic E-state index is 11.4. The van der Waals surface area contributed by atoms with Crippen LogP contribution >= 0.6 is 0 Å². The Morgan fingerprint density at radius 1 is 1.41 bits per heavy atom. The molecule has 0 bridgehead atoms. The minimum Gasteiger partial charge on any atom is -0.473 e. The van der Waals surface area contributed by atoms with Gasteiger partial charge in [0.15, 0.2) is 0 Å². The first-order chi connectivity index (χ1) is 10.3. The molecule has 0 saturated heterocycles. The highest BCUT2D eigenvalue weighted by molar-refractivity contribution is 5.62. The summed E-state index contributed by atoms with van der Waals surface area (Å²) in [6.07, 6.45) is 3.36. The van der Waals surface area contributed by atoms with Crippen molar-refractivity contribution in [1.29, 1.82) is 0 Å². The summed E-state index contributed by atoms with van der Waals surface area (Å²) in [4.78, 5) is 19.4. The average molecular weight is 308 g/mol. The molecular formula is C15H24N4O3. The van der Waals surface area contributed by atoms with Gasteiger partial charge in [-0.15, -0.1) is 6.58 Å². The third-order valence-electron chi connectivity index (χ3n) is 2.86. The van der Waals surface area contributed by atoms with Crippen LogP contribution in [0.1, 0.15) is 46.4 Å². The zero-order chi connectivity index (χ0) is 16.8. The second-order valence-electron chi connectivity index (χ2n) is 5.93. The van der Waals surface area contributed by atoms with E-state index < -0.39 is 4.92 Å². The first-order valence-corrected chi connectivity index (χ1v) is 7.35. The van der Waals surface area contributed by atoms with E-state index in [1.165, 1.54) is 0 Å². The normalized spacial score (nSPS) is 11.1. The molecule has 0 aliphatic heterocycles. The molecule has 122 valence electrons. The molecule has 0 aliphatic rings. The lowest BCUT2D eigenvalue weighted by atomic mass is 9.96. The monoisotopic (exact) mass is 308 g/mol. The van der Waals surface area contributed by atoms with Gasteiger partial charge in [-0.05, 0) is 6.42 Å². The van der Waals surface area contributed by atoms with Gasteiger partial charge in [0, 0.05) is 12.0 Å². The van der Waals surface area contributed by atoms with Crippen LogP contribution in [0.15, 0.2) is 12.7 Å². The largest absolute Gasteiger partial charge is 0.473 e. The Morgan fingerprint density at radius 2 is 2.09 bits per heavy atom. The Morgan fingerprint density at radius 3 is 2.59 bits per heavy atom. The molecule has 0 unspecified atom stereocenters. The minimum absolute atomic E-state index is 0.0185. The molecule has 1 aromatic rings. The van der Waals surface area contributed by atoms with Crippen LogP contribution in [0.4, 0.5) is 11.5 Å². The van der Waals surface area contributed by atoms with Crippen LogP contribution in [-0.2, 0) is 5.41 Å².